The molecule has 0 aliphatic heterocycles. The Morgan fingerprint density at radius 1 is 1.04 bits per heavy atom. The molecule has 6 heteroatoms. The van der Waals surface area contributed by atoms with Crippen LogP contribution in [0.3, 0.4) is 0 Å². The first-order chi connectivity index (χ1) is 13.1. The molecule has 0 aliphatic carbocycles. The van der Waals surface area contributed by atoms with E-state index in [9.17, 15) is 0 Å². The molecule has 0 saturated heterocycles. The maximum atomic E-state index is 8.88. The Morgan fingerprint density at radius 3 is 2.37 bits per heavy atom. The molecule has 0 fully saturated rings. The number of benzene rings is 2. The van der Waals surface area contributed by atoms with Crippen LogP contribution >= 0.6 is 0 Å². The number of nitriles is 1. The van der Waals surface area contributed by atoms with Crippen LogP contribution < -0.4 is 16.4 Å². The Kier molecular flexibility index (Phi) is 5.64. The average Bonchev–Trinajstić information content (AvgIpc) is 2.66. The van der Waals surface area contributed by atoms with Crippen LogP contribution in [0.1, 0.15) is 22.3 Å². The largest absolute Gasteiger partial charge is 0.340 e. The van der Waals surface area contributed by atoms with E-state index in [1.165, 1.54) is 5.56 Å². The van der Waals surface area contributed by atoms with Crippen LogP contribution in [0.15, 0.2) is 48.7 Å². The Hall–Kier alpha value is -3.43. The molecule has 3 aromatic rings. The van der Waals surface area contributed by atoms with E-state index >= 15 is 0 Å². The van der Waals surface area contributed by atoms with Crippen molar-refractivity contribution in [1.82, 2.24) is 9.97 Å². The van der Waals surface area contributed by atoms with E-state index in [1.54, 1.807) is 18.3 Å². The third-order valence-corrected chi connectivity index (χ3v) is 4.20. The van der Waals surface area contributed by atoms with Crippen LogP contribution in [0.25, 0.3) is 0 Å². The predicted molar refractivity (Wildman–Crippen MR) is 108 cm³/mol. The molecule has 0 saturated carbocycles. The number of hydrogen-bond donors (Lipinski definition) is 3. The van der Waals surface area contributed by atoms with Crippen LogP contribution in [0.2, 0.25) is 0 Å². The Balaban J connectivity index is 1.79. The summed E-state index contributed by atoms with van der Waals surface area (Å²) >= 11 is 0. The van der Waals surface area contributed by atoms with Gasteiger partial charge in [0.25, 0.3) is 0 Å². The van der Waals surface area contributed by atoms with Gasteiger partial charge in [-0.25, -0.2) is 4.98 Å². The summed E-state index contributed by atoms with van der Waals surface area (Å²) in [7, 11) is 0. The van der Waals surface area contributed by atoms with Gasteiger partial charge in [-0.1, -0.05) is 12.1 Å². The maximum Gasteiger partial charge on any atom is 0.229 e. The fourth-order valence-corrected chi connectivity index (χ4v) is 2.94. The van der Waals surface area contributed by atoms with E-state index < -0.39 is 0 Å². The van der Waals surface area contributed by atoms with Crippen molar-refractivity contribution < 1.29 is 0 Å². The van der Waals surface area contributed by atoms with E-state index in [0.717, 1.165) is 28.9 Å². The first kappa shape index (κ1) is 18.4. The highest BCUT2D eigenvalue weighted by Gasteiger charge is 2.07. The van der Waals surface area contributed by atoms with Crippen LogP contribution in [0.4, 0.5) is 23.1 Å². The molecule has 0 atom stereocenters. The Bertz CT molecular complexity index is 950. The first-order valence-corrected chi connectivity index (χ1v) is 8.76. The van der Waals surface area contributed by atoms with Crippen molar-refractivity contribution in [2.45, 2.75) is 20.3 Å². The zero-order valence-corrected chi connectivity index (χ0v) is 15.5. The van der Waals surface area contributed by atoms with Crippen molar-refractivity contribution in [3.63, 3.8) is 0 Å². The molecule has 1 aromatic heterocycles. The van der Waals surface area contributed by atoms with E-state index in [1.807, 2.05) is 18.2 Å². The zero-order chi connectivity index (χ0) is 19.2. The molecule has 4 N–H and O–H groups in total. The summed E-state index contributed by atoms with van der Waals surface area (Å²) in [6.07, 6.45) is 2.57. The normalized spacial score (nSPS) is 10.3. The number of rotatable bonds is 6. The van der Waals surface area contributed by atoms with Crippen molar-refractivity contribution in [3.8, 4) is 6.07 Å². The fourth-order valence-electron chi connectivity index (χ4n) is 2.94. The molecule has 2 aromatic carbocycles. The number of aryl methyl sites for hydroxylation is 2. The standard InChI is InChI=1S/C21H22N6/c1-14-11-17(7-9-22)12-15(2)20(14)26-19-8-10-24-21(27-19)25-18-5-3-16(13-23)4-6-18/h3-6,8,10-12H,7,9,22H2,1-2H3,(H2,24,25,26,27). The Labute approximate surface area is 159 Å². The molecule has 0 spiro atoms. The Morgan fingerprint density at radius 2 is 1.74 bits per heavy atom. The van der Waals surface area contributed by atoms with Gasteiger partial charge in [0, 0.05) is 17.6 Å². The van der Waals surface area contributed by atoms with Gasteiger partial charge in [-0.15, -0.1) is 0 Å². The molecule has 0 unspecified atom stereocenters. The highest BCUT2D eigenvalue weighted by molar-refractivity contribution is 5.66. The van der Waals surface area contributed by atoms with E-state index in [0.29, 0.717) is 23.9 Å². The van der Waals surface area contributed by atoms with Gasteiger partial charge < -0.3 is 16.4 Å². The summed E-state index contributed by atoms with van der Waals surface area (Å²) < 4.78 is 0. The van der Waals surface area contributed by atoms with Crippen LogP contribution in [0, 0.1) is 25.2 Å². The van der Waals surface area contributed by atoms with Crippen molar-refractivity contribution >= 4 is 23.1 Å². The lowest BCUT2D eigenvalue weighted by Crippen LogP contribution is -2.05. The molecule has 0 amide bonds. The zero-order valence-electron chi connectivity index (χ0n) is 15.5. The van der Waals surface area contributed by atoms with E-state index in [4.69, 9.17) is 11.0 Å². The van der Waals surface area contributed by atoms with Crippen LogP contribution in [-0.4, -0.2) is 16.5 Å². The van der Waals surface area contributed by atoms with Gasteiger partial charge in [0.05, 0.1) is 11.6 Å². The highest BCUT2D eigenvalue weighted by atomic mass is 15.1. The fraction of sp³-hybridized carbons (Fsp3) is 0.190. The van der Waals surface area contributed by atoms with E-state index in [-0.39, 0.29) is 0 Å². The van der Waals surface area contributed by atoms with Crippen molar-refractivity contribution in [2.75, 3.05) is 17.2 Å². The summed E-state index contributed by atoms with van der Waals surface area (Å²) in [5.74, 6) is 1.19. The molecule has 1 heterocycles. The molecule has 27 heavy (non-hydrogen) atoms. The SMILES string of the molecule is Cc1cc(CCN)cc(C)c1Nc1ccnc(Nc2ccc(C#N)cc2)n1. The quantitative estimate of drug-likeness (QED) is 0.617. The number of aromatic nitrogens is 2. The molecule has 0 radical (unpaired) electrons. The predicted octanol–water partition coefficient (Wildman–Crippen LogP) is 3.95. The third-order valence-electron chi connectivity index (χ3n) is 4.20. The summed E-state index contributed by atoms with van der Waals surface area (Å²) in [6, 6.07) is 15.4. The number of nitrogens with zero attached hydrogens (tertiary/aromatic N) is 3. The number of hydrogen-bond acceptors (Lipinski definition) is 6. The van der Waals surface area contributed by atoms with Gasteiger partial charge in [0.2, 0.25) is 5.95 Å². The van der Waals surface area contributed by atoms with Gasteiger partial charge in [-0.05, 0) is 73.8 Å². The first-order valence-electron chi connectivity index (χ1n) is 8.76. The van der Waals surface area contributed by atoms with E-state index in [2.05, 4.69) is 52.7 Å². The lowest BCUT2D eigenvalue weighted by Gasteiger charge is -2.15. The topological polar surface area (TPSA) is 99.6 Å². The second-order valence-corrected chi connectivity index (χ2v) is 6.35. The molecule has 3 rings (SSSR count). The molecular weight excluding hydrogens is 336 g/mol. The van der Waals surface area contributed by atoms with Gasteiger partial charge in [0.15, 0.2) is 0 Å². The number of nitrogens with one attached hydrogen (secondary N) is 2. The van der Waals surface area contributed by atoms with Gasteiger partial charge >= 0.3 is 0 Å². The van der Waals surface area contributed by atoms with Crippen molar-refractivity contribution in [1.29, 1.82) is 5.26 Å². The molecule has 6 nitrogen and oxygen atoms in total. The monoisotopic (exact) mass is 358 g/mol. The van der Waals surface area contributed by atoms with Crippen molar-refractivity contribution in [3.05, 3.63) is 70.9 Å². The second kappa shape index (κ2) is 8.30. The highest BCUT2D eigenvalue weighted by Crippen LogP contribution is 2.26. The minimum absolute atomic E-state index is 0.486. The summed E-state index contributed by atoms with van der Waals surface area (Å²) in [5.41, 5.74) is 11.7. The van der Waals surface area contributed by atoms with Crippen LogP contribution in [-0.2, 0) is 6.42 Å². The summed E-state index contributed by atoms with van der Waals surface area (Å²) in [4.78, 5) is 8.79. The lowest BCUT2D eigenvalue weighted by molar-refractivity contribution is 0.964. The number of anilines is 4. The maximum absolute atomic E-state index is 8.88. The van der Waals surface area contributed by atoms with Gasteiger partial charge in [-0.3, -0.25) is 0 Å². The smallest absolute Gasteiger partial charge is 0.229 e. The second-order valence-electron chi connectivity index (χ2n) is 6.35. The minimum Gasteiger partial charge on any atom is -0.340 e. The number of nitrogens with two attached hydrogens (primary N) is 1. The average molecular weight is 358 g/mol. The lowest BCUT2D eigenvalue weighted by atomic mass is 10.0. The molecule has 136 valence electrons. The van der Waals surface area contributed by atoms with Gasteiger partial charge in [0.1, 0.15) is 5.82 Å². The minimum atomic E-state index is 0.486. The molecule has 0 bridgehead atoms. The van der Waals surface area contributed by atoms with Gasteiger partial charge in [-0.2, -0.15) is 10.2 Å². The van der Waals surface area contributed by atoms with Crippen molar-refractivity contribution in [2.24, 2.45) is 5.73 Å². The molecular formula is C21H22N6. The third kappa shape index (κ3) is 4.60. The summed E-state index contributed by atoms with van der Waals surface area (Å²) in [5, 5.41) is 15.4. The van der Waals surface area contributed by atoms with Crippen LogP contribution in [0.5, 0.6) is 0 Å². The molecule has 0 aliphatic rings. The summed E-state index contributed by atoms with van der Waals surface area (Å²) in [6.45, 7) is 4.79.